The molecule has 0 unspecified atom stereocenters. The zero-order chi connectivity index (χ0) is 21.1. The quantitative estimate of drug-likeness (QED) is 0.469. The number of hydrogen-bond acceptors (Lipinski definition) is 6. The molecule has 0 saturated carbocycles. The van der Waals surface area contributed by atoms with Gasteiger partial charge in [0.25, 0.3) is 11.9 Å². The number of ether oxygens (including phenoxy) is 1. The molecule has 0 spiro atoms. The number of nitrogens with zero attached hydrogens (tertiary/aromatic N) is 3. The molecule has 2 heterocycles. The van der Waals surface area contributed by atoms with Crippen LogP contribution < -0.4 is 15.4 Å². The monoisotopic (exact) mass is 441 g/mol. The minimum atomic E-state index is -0.371. The average Bonchev–Trinajstić information content (AvgIpc) is 3.28. The fourth-order valence-electron chi connectivity index (χ4n) is 2.70. The number of hydrogen-bond donors (Lipinski definition) is 2. The number of amides is 2. The molecule has 4 aromatic rings. The van der Waals surface area contributed by atoms with Crippen LogP contribution in [-0.2, 0) is 9.59 Å². The summed E-state index contributed by atoms with van der Waals surface area (Å²) in [5.41, 5.74) is 2.45. The van der Waals surface area contributed by atoms with Gasteiger partial charge in [-0.2, -0.15) is 4.98 Å². The first-order chi connectivity index (χ1) is 14.5. The van der Waals surface area contributed by atoms with Gasteiger partial charge in [-0.15, -0.1) is 16.4 Å². The lowest BCUT2D eigenvalue weighted by molar-refractivity contribution is -0.118. The number of benzene rings is 2. The molecule has 2 amide bonds. The van der Waals surface area contributed by atoms with Gasteiger partial charge in [-0.05, 0) is 36.4 Å². The summed E-state index contributed by atoms with van der Waals surface area (Å²) in [7, 11) is 0. The molecule has 4 rings (SSSR count). The van der Waals surface area contributed by atoms with Gasteiger partial charge in [0, 0.05) is 28.6 Å². The third kappa shape index (κ3) is 4.58. The van der Waals surface area contributed by atoms with Crippen molar-refractivity contribution in [2.24, 2.45) is 0 Å². The van der Waals surface area contributed by atoms with Gasteiger partial charge in [0.2, 0.25) is 10.9 Å². The topological polar surface area (TPSA) is 97.6 Å². The molecule has 0 bridgehead atoms. The van der Waals surface area contributed by atoms with Gasteiger partial charge in [0.1, 0.15) is 5.75 Å². The Morgan fingerprint density at radius 3 is 2.53 bits per heavy atom. The molecule has 0 fully saturated rings. The molecular formula is C20H16ClN5O3S. The molecule has 2 aromatic heterocycles. The van der Waals surface area contributed by atoms with E-state index in [1.165, 1.54) is 18.3 Å². The molecule has 0 aliphatic rings. The van der Waals surface area contributed by atoms with Crippen LogP contribution in [0.3, 0.4) is 0 Å². The van der Waals surface area contributed by atoms with Gasteiger partial charge in [-0.1, -0.05) is 23.7 Å². The molecule has 30 heavy (non-hydrogen) atoms. The largest absolute Gasteiger partial charge is 0.484 e. The van der Waals surface area contributed by atoms with Crippen molar-refractivity contribution in [2.75, 3.05) is 17.2 Å². The van der Waals surface area contributed by atoms with Crippen molar-refractivity contribution < 1.29 is 14.3 Å². The molecule has 0 radical (unpaired) electrons. The van der Waals surface area contributed by atoms with E-state index in [9.17, 15) is 9.59 Å². The molecule has 0 aliphatic heterocycles. The van der Waals surface area contributed by atoms with E-state index in [0.29, 0.717) is 21.4 Å². The van der Waals surface area contributed by atoms with Crippen molar-refractivity contribution in [3.63, 3.8) is 0 Å². The zero-order valence-corrected chi connectivity index (χ0v) is 17.3. The Kier molecular flexibility index (Phi) is 5.64. The van der Waals surface area contributed by atoms with Crippen molar-refractivity contribution in [2.45, 2.75) is 6.92 Å². The normalized spacial score (nSPS) is 10.7. The smallest absolute Gasteiger partial charge is 0.264 e. The van der Waals surface area contributed by atoms with Crippen LogP contribution in [0, 0.1) is 0 Å². The van der Waals surface area contributed by atoms with E-state index >= 15 is 0 Å². The fraction of sp³-hybridized carbons (Fsp3) is 0.100. The highest BCUT2D eigenvalue weighted by atomic mass is 35.5. The predicted molar refractivity (Wildman–Crippen MR) is 116 cm³/mol. The minimum Gasteiger partial charge on any atom is -0.484 e. The number of fused-ring (bicyclic) bond motifs is 1. The maximum Gasteiger partial charge on any atom is 0.264 e. The Balaban J connectivity index is 1.44. The Morgan fingerprint density at radius 1 is 1.10 bits per heavy atom. The Morgan fingerprint density at radius 2 is 1.83 bits per heavy atom. The molecule has 10 heteroatoms. The van der Waals surface area contributed by atoms with Crippen molar-refractivity contribution >= 4 is 51.3 Å². The third-order valence-corrected chi connectivity index (χ3v) is 5.09. The second-order valence-corrected chi connectivity index (χ2v) is 7.57. The summed E-state index contributed by atoms with van der Waals surface area (Å²) in [5.74, 6) is 0.239. The van der Waals surface area contributed by atoms with Gasteiger partial charge in [0.15, 0.2) is 6.61 Å². The molecule has 8 nitrogen and oxygen atoms in total. The Bertz CT molecular complexity index is 1200. The zero-order valence-electron chi connectivity index (χ0n) is 15.8. The lowest BCUT2D eigenvalue weighted by Gasteiger charge is -2.05. The number of anilines is 2. The molecule has 2 aromatic carbocycles. The van der Waals surface area contributed by atoms with Gasteiger partial charge in [-0.3, -0.25) is 14.9 Å². The second kappa shape index (κ2) is 8.52. The highest BCUT2D eigenvalue weighted by Crippen LogP contribution is 2.27. The summed E-state index contributed by atoms with van der Waals surface area (Å²) in [6, 6.07) is 14.1. The summed E-state index contributed by atoms with van der Waals surface area (Å²) in [6.45, 7) is 1.29. The molecule has 0 saturated heterocycles. The first-order valence-corrected chi connectivity index (χ1v) is 10.1. The van der Waals surface area contributed by atoms with Crippen LogP contribution in [0.1, 0.15) is 6.92 Å². The third-order valence-electron chi connectivity index (χ3n) is 4.02. The van der Waals surface area contributed by atoms with E-state index < -0.39 is 0 Å². The maximum atomic E-state index is 12.1. The predicted octanol–water partition coefficient (Wildman–Crippen LogP) is 4.09. The molecule has 0 atom stereocenters. The highest BCUT2D eigenvalue weighted by molar-refractivity contribution is 7.15. The molecule has 152 valence electrons. The number of rotatable bonds is 6. The van der Waals surface area contributed by atoms with E-state index in [4.69, 9.17) is 16.3 Å². The number of thiazole rings is 1. The molecule has 0 aliphatic carbocycles. The standard InChI is InChI=1S/C20H16ClN5O3S/c1-12(27)22-15-6-2-13(3-7-15)17-11-30-20-24-19(25-26(17)20)23-18(28)10-29-16-8-4-14(21)5-9-16/h2-9,11H,10H2,1H3,(H,22,27)(H,23,25,28). The van der Waals surface area contributed by atoms with Gasteiger partial charge in [0.05, 0.1) is 5.69 Å². The van der Waals surface area contributed by atoms with Gasteiger partial charge in [-0.25, -0.2) is 4.52 Å². The summed E-state index contributed by atoms with van der Waals surface area (Å²) < 4.78 is 7.08. The van der Waals surface area contributed by atoms with Crippen LogP contribution in [0.25, 0.3) is 16.2 Å². The van der Waals surface area contributed by atoms with Gasteiger partial charge >= 0.3 is 0 Å². The first kappa shape index (κ1) is 19.9. The fourth-order valence-corrected chi connectivity index (χ4v) is 3.66. The van der Waals surface area contributed by atoms with Crippen molar-refractivity contribution in [1.29, 1.82) is 0 Å². The number of aromatic nitrogens is 3. The van der Waals surface area contributed by atoms with Crippen LogP contribution in [0.4, 0.5) is 11.6 Å². The molecular weight excluding hydrogens is 426 g/mol. The summed E-state index contributed by atoms with van der Waals surface area (Å²) in [4.78, 5) is 28.3. The second-order valence-electron chi connectivity index (χ2n) is 6.30. The van der Waals surface area contributed by atoms with E-state index in [2.05, 4.69) is 20.7 Å². The van der Waals surface area contributed by atoms with Crippen LogP contribution in [0.2, 0.25) is 5.02 Å². The van der Waals surface area contributed by atoms with Crippen molar-refractivity contribution in [1.82, 2.24) is 14.6 Å². The van der Waals surface area contributed by atoms with Crippen molar-refractivity contribution in [3.05, 3.63) is 58.9 Å². The van der Waals surface area contributed by atoms with E-state index in [1.54, 1.807) is 28.8 Å². The summed E-state index contributed by atoms with van der Waals surface area (Å²) >= 11 is 7.23. The molecule has 2 N–H and O–H groups in total. The van der Waals surface area contributed by atoms with E-state index in [0.717, 1.165) is 11.3 Å². The summed E-state index contributed by atoms with van der Waals surface area (Å²) in [5, 5.41) is 12.3. The number of carbonyl (C=O) groups excluding carboxylic acids is 2. The number of carbonyl (C=O) groups is 2. The number of halogens is 1. The minimum absolute atomic E-state index is 0.127. The van der Waals surface area contributed by atoms with Crippen molar-refractivity contribution in [3.8, 4) is 17.0 Å². The van der Waals surface area contributed by atoms with Crippen LogP contribution in [-0.4, -0.2) is 33.0 Å². The SMILES string of the molecule is CC(=O)Nc1ccc(-c2csc3nc(NC(=O)COc4ccc(Cl)cc4)nn23)cc1. The Hall–Kier alpha value is -3.43. The highest BCUT2D eigenvalue weighted by Gasteiger charge is 2.14. The van der Waals surface area contributed by atoms with Gasteiger partial charge < -0.3 is 10.1 Å². The van der Waals surface area contributed by atoms with Crippen LogP contribution >= 0.6 is 22.9 Å². The lowest BCUT2D eigenvalue weighted by atomic mass is 10.1. The maximum absolute atomic E-state index is 12.1. The average molecular weight is 442 g/mol. The summed E-state index contributed by atoms with van der Waals surface area (Å²) in [6.07, 6.45) is 0. The van der Waals surface area contributed by atoms with E-state index in [-0.39, 0.29) is 24.4 Å². The Labute approximate surface area is 180 Å². The van der Waals surface area contributed by atoms with Crippen LogP contribution in [0.15, 0.2) is 53.9 Å². The van der Waals surface area contributed by atoms with Crippen LogP contribution in [0.5, 0.6) is 5.75 Å². The van der Waals surface area contributed by atoms with E-state index in [1.807, 2.05) is 29.6 Å². The number of nitrogens with one attached hydrogen (secondary N) is 2. The lowest BCUT2D eigenvalue weighted by Crippen LogP contribution is -2.20. The first-order valence-electron chi connectivity index (χ1n) is 8.88.